The first-order valence-corrected chi connectivity index (χ1v) is 4.99. The monoisotopic (exact) mass is 202 g/mol. The van der Waals surface area contributed by atoms with Crippen LogP contribution in [0.1, 0.15) is 34.6 Å². The average molecular weight is 202 g/mol. The number of amides is 2. The fraction of sp³-hybridized carbons (Fsp3) is 0.800. The first-order chi connectivity index (χ1) is 6.49. The van der Waals surface area contributed by atoms with Gasteiger partial charge in [0.1, 0.15) is 0 Å². The Morgan fingerprint density at radius 2 is 1.50 bits per heavy atom. The number of rotatable bonds is 3. The lowest BCUT2D eigenvalue weighted by Crippen LogP contribution is -2.27. The van der Waals surface area contributed by atoms with Crippen LogP contribution in [0.15, 0.2) is 0 Å². The molecule has 4 heteroatoms. The molecule has 0 aliphatic rings. The standard InChI is InChI=1S/C6H13NO.C4H9NO/c1-4-7(5-2)6(3)8;1-3-5-4(2)6/h4-5H2,1-3H3;3H2,1-2H3,(H,5,6). The van der Waals surface area contributed by atoms with Crippen molar-refractivity contribution in [2.45, 2.75) is 34.6 Å². The van der Waals surface area contributed by atoms with Crippen molar-refractivity contribution in [2.75, 3.05) is 19.6 Å². The molecular formula is C10H22N2O2. The predicted molar refractivity (Wildman–Crippen MR) is 58.0 cm³/mol. The number of carbonyl (C=O) groups excluding carboxylic acids is 2. The van der Waals surface area contributed by atoms with E-state index in [1.54, 1.807) is 11.8 Å². The van der Waals surface area contributed by atoms with Crippen LogP contribution in [0.3, 0.4) is 0 Å². The van der Waals surface area contributed by atoms with Gasteiger partial charge in [-0.2, -0.15) is 0 Å². The topological polar surface area (TPSA) is 49.4 Å². The SMILES string of the molecule is CCN(CC)C(C)=O.CCNC(C)=O. The van der Waals surface area contributed by atoms with E-state index in [1.165, 1.54) is 6.92 Å². The molecule has 0 aliphatic carbocycles. The van der Waals surface area contributed by atoms with E-state index in [1.807, 2.05) is 20.8 Å². The highest BCUT2D eigenvalue weighted by Crippen LogP contribution is 1.84. The molecule has 0 heterocycles. The van der Waals surface area contributed by atoms with Crippen molar-refractivity contribution in [3.05, 3.63) is 0 Å². The lowest BCUT2D eigenvalue weighted by Gasteiger charge is -2.14. The van der Waals surface area contributed by atoms with E-state index in [2.05, 4.69) is 5.32 Å². The van der Waals surface area contributed by atoms with Crippen molar-refractivity contribution in [1.29, 1.82) is 0 Å². The second kappa shape index (κ2) is 10.0. The minimum Gasteiger partial charge on any atom is -0.357 e. The summed E-state index contributed by atoms with van der Waals surface area (Å²) in [5, 5.41) is 2.57. The Hall–Kier alpha value is -1.06. The van der Waals surface area contributed by atoms with Gasteiger partial charge < -0.3 is 10.2 Å². The molecule has 0 unspecified atom stereocenters. The van der Waals surface area contributed by atoms with Crippen LogP contribution in [-0.4, -0.2) is 36.3 Å². The first kappa shape index (κ1) is 15.4. The Bertz CT molecular complexity index is 166. The molecule has 0 aromatic heterocycles. The van der Waals surface area contributed by atoms with E-state index in [0.717, 1.165) is 19.6 Å². The molecular weight excluding hydrogens is 180 g/mol. The largest absolute Gasteiger partial charge is 0.357 e. The summed E-state index contributed by atoms with van der Waals surface area (Å²) < 4.78 is 0. The van der Waals surface area contributed by atoms with Gasteiger partial charge in [-0.1, -0.05) is 0 Å². The Labute approximate surface area is 86.7 Å². The smallest absolute Gasteiger partial charge is 0.219 e. The molecule has 0 aromatic rings. The number of carbonyl (C=O) groups is 2. The quantitative estimate of drug-likeness (QED) is 0.742. The van der Waals surface area contributed by atoms with E-state index >= 15 is 0 Å². The van der Waals surface area contributed by atoms with Gasteiger partial charge in [0.15, 0.2) is 0 Å². The molecule has 4 nitrogen and oxygen atoms in total. The third-order valence-corrected chi connectivity index (χ3v) is 1.63. The summed E-state index contributed by atoms with van der Waals surface area (Å²) in [6, 6.07) is 0. The lowest BCUT2D eigenvalue weighted by atomic mass is 10.5. The van der Waals surface area contributed by atoms with Gasteiger partial charge in [0.05, 0.1) is 0 Å². The molecule has 0 saturated carbocycles. The maximum absolute atomic E-state index is 10.5. The molecule has 0 rings (SSSR count). The molecule has 0 spiro atoms. The maximum atomic E-state index is 10.5. The van der Waals surface area contributed by atoms with E-state index in [9.17, 15) is 9.59 Å². The zero-order valence-corrected chi connectivity index (χ0v) is 9.89. The van der Waals surface area contributed by atoms with E-state index in [0.29, 0.717) is 0 Å². The Kier molecular flexibility index (Phi) is 11.0. The van der Waals surface area contributed by atoms with Crippen LogP contribution in [0, 0.1) is 0 Å². The highest BCUT2D eigenvalue weighted by atomic mass is 16.2. The van der Waals surface area contributed by atoms with Gasteiger partial charge in [-0.05, 0) is 20.8 Å². The molecule has 0 radical (unpaired) electrons. The van der Waals surface area contributed by atoms with Crippen molar-refractivity contribution in [3.63, 3.8) is 0 Å². The maximum Gasteiger partial charge on any atom is 0.219 e. The van der Waals surface area contributed by atoms with Gasteiger partial charge in [-0.25, -0.2) is 0 Å². The molecule has 0 atom stereocenters. The number of hydrogen-bond donors (Lipinski definition) is 1. The van der Waals surface area contributed by atoms with Crippen molar-refractivity contribution in [3.8, 4) is 0 Å². The minimum absolute atomic E-state index is 0.0394. The Balaban J connectivity index is 0. The Morgan fingerprint density at radius 1 is 1.07 bits per heavy atom. The molecule has 0 fully saturated rings. The van der Waals surface area contributed by atoms with Gasteiger partial charge in [0.2, 0.25) is 11.8 Å². The Morgan fingerprint density at radius 3 is 1.50 bits per heavy atom. The van der Waals surface area contributed by atoms with Gasteiger partial charge in [0, 0.05) is 33.5 Å². The summed E-state index contributed by atoms with van der Waals surface area (Å²) in [4.78, 5) is 22.2. The van der Waals surface area contributed by atoms with Crippen LogP contribution in [0.5, 0.6) is 0 Å². The second-order valence-corrected chi connectivity index (χ2v) is 2.78. The van der Waals surface area contributed by atoms with Crippen LogP contribution < -0.4 is 5.32 Å². The minimum atomic E-state index is 0.0394. The van der Waals surface area contributed by atoms with Gasteiger partial charge in [0.25, 0.3) is 0 Å². The summed E-state index contributed by atoms with van der Waals surface area (Å²) in [6.07, 6.45) is 0. The highest BCUT2D eigenvalue weighted by molar-refractivity contribution is 5.73. The van der Waals surface area contributed by atoms with E-state index < -0.39 is 0 Å². The number of nitrogens with zero attached hydrogens (tertiary/aromatic N) is 1. The molecule has 0 aromatic carbocycles. The second-order valence-electron chi connectivity index (χ2n) is 2.78. The summed E-state index contributed by atoms with van der Waals surface area (Å²) in [5.74, 6) is 0.201. The summed E-state index contributed by atoms with van der Waals surface area (Å²) in [6.45, 7) is 11.3. The normalized spacial score (nSPS) is 8.36. The average Bonchev–Trinajstić information content (AvgIpc) is 2.06. The van der Waals surface area contributed by atoms with Crippen LogP contribution in [0.2, 0.25) is 0 Å². The third-order valence-electron chi connectivity index (χ3n) is 1.63. The molecule has 0 saturated heterocycles. The van der Waals surface area contributed by atoms with Crippen LogP contribution in [0.25, 0.3) is 0 Å². The highest BCUT2D eigenvalue weighted by Gasteiger charge is 1.99. The molecule has 0 bridgehead atoms. The predicted octanol–water partition coefficient (Wildman–Crippen LogP) is 1.02. The van der Waals surface area contributed by atoms with Crippen molar-refractivity contribution < 1.29 is 9.59 Å². The zero-order chi connectivity index (χ0) is 11.6. The van der Waals surface area contributed by atoms with Crippen LogP contribution >= 0.6 is 0 Å². The van der Waals surface area contributed by atoms with Crippen LogP contribution in [-0.2, 0) is 9.59 Å². The van der Waals surface area contributed by atoms with E-state index in [-0.39, 0.29) is 11.8 Å². The third kappa shape index (κ3) is 10.9. The van der Waals surface area contributed by atoms with E-state index in [4.69, 9.17) is 0 Å². The molecule has 0 aliphatic heterocycles. The first-order valence-electron chi connectivity index (χ1n) is 4.99. The molecule has 1 N–H and O–H groups in total. The van der Waals surface area contributed by atoms with Crippen molar-refractivity contribution in [1.82, 2.24) is 10.2 Å². The summed E-state index contributed by atoms with van der Waals surface area (Å²) >= 11 is 0. The summed E-state index contributed by atoms with van der Waals surface area (Å²) in [7, 11) is 0. The van der Waals surface area contributed by atoms with Crippen molar-refractivity contribution in [2.24, 2.45) is 0 Å². The molecule has 14 heavy (non-hydrogen) atoms. The van der Waals surface area contributed by atoms with Crippen LogP contribution in [0.4, 0.5) is 0 Å². The number of hydrogen-bond acceptors (Lipinski definition) is 2. The molecule has 84 valence electrons. The molecule has 2 amide bonds. The lowest BCUT2D eigenvalue weighted by molar-refractivity contribution is -0.128. The van der Waals surface area contributed by atoms with Gasteiger partial charge in [-0.3, -0.25) is 9.59 Å². The van der Waals surface area contributed by atoms with Gasteiger partial charge >= 0.3 is 0 Å². The fourth-order valence-electron chi connectivity index (χ4n) is 0.918. The van der Waals surface area contributed by atoms with Gasteiger partial charge in [-0.15, -0.1) is 0 Å². The summed E-state index contributed by atoms with van der Waals surface area (Å²) in [5.41, 5.74) is 0. The van der Waals surface area contributed by atoms with Crippen molar-refractivity contribution >= 4 is 11.8 Å². The number of nitrogens with one attached hydrogen (secondary N) is 1. The zero-order valence-electron chi connectivity index (χ0n) is 9.89. The fourth-order valence-corrected chi connectivity index (χ4v) is 0.918.